The molecule has 1 saturated heterocycles. The number of hydrogen-bond donors (Lipinski definition) is 1. The number of nitrogens with zero attached hydrogens (tertiary/aromatic N) is 2. The number of rotatable bonds is 3. The zero-order chi connectivity index (χ0) is 13.8. The van der Waals surface area contributed by atoms with Crippen LogP contribution in [0.2, 0.25) is 0 Å². The molecule has 0 spiro atoms. The van der Waals surface area contributed by atoms with Crippen LogP contribution in [0.4, 0.5) is 0 Å². The predicted molar refractivity (Wildman–Crippen MR) is 83.9 cm³/mol. The first kappa shape index (κ1) is 13.7. The van der Waals surface area contributed by atoms with Crippen molar-refractivity contribution in [2.75, 3.05) is 19.6 Å². The molecule has 2 aromatic rings. The third kappa shape index (κ3) is 3.26. The molecule has 20 heavy (non-hydrogen) atoms. The van der Waals surface area contributed by atoms with Gasteiger partial charge in [0.2, 0.25) is 0 Å². The molecule has 1 aliphatic heterocycles. The molecule has 4 heteroatoms. The molecule has 1 N–H and O–H groups in total. The van der Waals surface area contributed by atoms with Gasteiger partial charge in [0.05, 0.1) is 11.2 Å². The van der Waals surface area contributed by atoms with Crippen molar-refractivity contribution in [3.05, 3.63) is 52.0 Å². The normalized spacial score (nSPS) is 20.8. The first-order valence-corrected chi connectivity index (χ1v) is 8.10. The summed E-state index contributed by atoms with van der Waals surface area (Å²) in [6.07, 6.45) is 1.21. The van der Waals surface area contributed by atoms with Crippen LogP contribution >= 0.6 is 11.3 Å². The smallest absolute Gasteiger partial charge is 0.0798 e. The van der Waals surface area contributed by atoms with Crippen molar-refractivity contribution >= 4 is 11.3 Å². The van der Waals surface area contributed by atoms with Crippen molar-refractivity contribution in [3.63, 3.8) is 0 Å². The number of thiazole rings is 1. The predicted octanol–water partition coefficient (Wildman–Crippen LogP) is 2.99. The van der Waals surface area contributed by atoms with Gasteiger partial charge in [0.25, 0.3) is 0 Å². The minimum Gasteiger partial charge on any atom is -0.309 e. The molecule has 3 rings (SSSR count). The molecular weight excluding hydrogens is 266 g/mol. The Morgan fingerprint density at radius 3 is 2.95 bits per heavy atom. The van der Waals surface area contributed by atoms with Gasteiger partial charge < -0.3 is 5.32 Å². The first-order chi connectivity index (χ1) is 9.83. The second kappa shape index (κ2) is 6.48. The van der Waals surface area contributed by atoms with Gasteiger partial charge in [0.15, 0.2) is 0 Å². The standard InChI is InChI=1S/C16H21N3S/c1-13-16(20-12-18-13)11-19-9-5-8-17-15(10-19)14-6-3-2-4-7-14/h2-4,6-7,12,15,17H,5,8-11H2,1H3. The van der Waals surface area contributed by atoms with Crippen molar-refractivity contribution in [2.45, 2.75) is 25.9 Å². The summed E-state index contributed by atoms with van der Waals surface area (Å²) in [5, 5.41) is 3.67. The zero-order valence-corrected chi connectivity index (χ0v) is 12.7. The summed E-state index contributed by atoms with van der Waals surface area (Å²) in [5.74, 6) is 0. The molecule has 0 radical (unpaired) electrons. The Balaban J connectivity index is 1.71. The van der Waals surface area contributed by atoms with E-state index in [1.54, 1.807) is 11.3 Å². The number of aryl methyl sites for hydroxylation is 1. The highest BCUT2D eigenvalue weighted by Crippen LogP contribution is 2.20. The molecule has 0 saturated carbocycles. The van der Waals surface area contributed by atoms with Gasteiger partial charge in [-0.25, -0.2) is 4.98 Å². The van der Waals surface area contributed by atoms with Crippen molar-refractivity contribution < 1.29 is 0 Å². The summed E-state index contributed by atoms with van der Waals surface area (Å²) in [5.41, 5.74) is 4.53. The Hall–Kier alpha value is -1.23. The van der Waals surface area contributed by atoms with Crippen LogP contribution in [0.3, 0.4) is 0 Å². The minimum absolute atomic E-state index is 0.437. The van der Waals surface area contributed by atoms with Gasteiger partial charge in [-0.3, -0.25) is 4.90 Å². The maximum Gasteiger partial charge on any atom is 0.0798 e. The molecule has 1 fully saturated rings. The van der Waals surface area contributed by atoms with Crippen molar-refractivity contribution in [2.24, 2.45) is 0 Å². The zero-order valence-electron chi connectivity index (χ0n) is 11.9. The van der Waals surface area contributed by atoms with Gasteiger partial charge in [0, 0.05) is 24.0 Å². The Morgan fingerprint density at radius 1 is 1.35 bits per heavy atom. The van der Waals surface area contributed by atoms with E-state index in [2.05, 4.69) is 52.5 Å². The van der Waals surface area contributed by atoms with Gasteiger partial charge in [-0.2, -0.15) is 0 Å². The van der Waals surface area contributed by atoms with Gasteiger partial charge in [0.1, 0.15) is 0 Å². The SMILES string of the molecule is Cc1ncsc1CN1CCCNC(c2ccccc2)C1. The maximum atomic E-state index is 4.36. The molecule has 1 aromatic heterocycles. The van der Waals surface area contributed by atoms with Crippen molar-refractivity contribution in [1.82, 2.24) is 15.2 Å². The number of nitrogens with one attached hydrogen (secondary N) is 1. The van der Waals surface area contributed by atoms with Crippen LogP contribution in [0.25, 0.3) is 0 Å². The maximum absolute atomic E-state index is 4.36. The average Bonchev–Trinajstić information content (AvgIpc) is 2.75. The largest absolute Gasteiger partial charge is 0.309 e. The van der Waals surface area contributed by atoms with E-state index in [1.165, 1.54) is 22.6 Å². The molecule has 0 aliphatic carbocycles. The molecule has 2 heterocycles. The van der Waals surface area contributed by atoms with Crippen LogP contribution < -0.4 is 5.32 Å². The van der Waals surface area contributed by atoms with E-state index >= 15 is 0 Å². The topological polar surface area (TPSA) is 28.2 Å². The first-order valence-electron chi connectivity index (χ1n) is 7.22. The van der Waals surface area contributed by atoms with E-state index in [4.69, 9.17) is 0 Å². The Bertz CT molecular complexity index is 538. The van der Waals surface area contributed by atoms with Gasteiger partial charge in [-0.1, -0.05) is 30.3 Å². The van der Waals surface area contributed by atoms with Gasteiger partial charge in [-0.15, -0.1) is 11.3 Å². The van der Waals surface area contributed by atoms with E-state index in [0.717, 1.165) is 26.2 Å². The molecule has 106 valence electrons. The van der Waals surface area contributed by atoms with Crippen LogP contribution in [-0.4, -0.2) is 29.5 Å². The third-order valence-corrected chi connectivity index (χ3v) is 4.82. The Morgan fingerprint density at radius 2 is 2.20 bits per heavy atom. The van der Waals surface area contributed by atoms with E-state index in [-0.39, 0.29) is 0 Å². The number of benzene rings is 1. The molecule has 0 amide bonds. The molecule has 1 atom stereocenters. The Labute approximate surface area is 124 Å². The van der Waals surface area contributed by atoms with Gasteiger partial charge >= 0.3 is 0 Å². The fraction of sp³-hybridized carbons (Fsp3) is 0.438. The van der Waals surface area contributed by atoms with Crippen molar-refractivity contribution in [1.29, 1.82) is 0 Å². The highest BCUT2D eigenvalue weighted by molar-refractivity contribution is 7.09. The summed E-state index contributed by atoms with van der Waals surface area (Å²) in [7, 11) is 0. The molecule has 0 bridgehead atoms. The van der Waals surface area contributed by atoms with Crippen LogP contribution in [0, 0.1) is 6.92 Å². The molecule has 1 unspecified atom stereocenters. The van der Waals surface area contributed by atoms with Gasteiger partial charge in [-0.05, 0) is 32.0 Å². The lowest BCUT2D eigenvalue weighted by Crippen LogP contribution is -2.31. The van der Waals surface area contributed by atoms with E-state index < -0.39 is 0 Å². The lowest BCUT2D eigenvalue weighted by Gasteiger charge is -2.24. The Kier molecular flexibility index (Phi) is 4.45. The third-order valence-electron chi connectivity index (χ3n) is 3.90. The monoisotopic (exact) mass is 287 g/mol. The molecule has 1 aliphatic rings. The second-order valence-electron chi connectivity index (χ2n) is 5.37. The van der Waals surface area contributed by atoms with Crippen molar-refractivity contribution in [3.8, 4) is 0 Å². The molecular formula is C16H21N3S. The van der Waals surface area contributed by atoms with E-state index in [0.29, 0.717) is 6.04 Å². The number of aromatic nitrogens is 1. The number of hydrogen-bond acceptors (Lipinski definition) is 4. The second-order valence-corrected chi connectivity index (χ2v) is 6.31. The highest BCUT2D eigenvalue weighted by atomic mass is 32.1. The summed E-state index contributed by atoms with van der Waals surface area (Å²) >= 11 is 1.77. The van der Waals surface area contributed by atoms with Crippen LogP contribution in [0.1, 0.15) is 28.6 Å². The summed E-state index contributed by atoms with van der Waals surface area (Å²) in [6.45, 7) is 6.46. The summed E-state index contributed by atoms with van der Waals surface area (Å²) < 4.78 is 0. The lowest BCUT2D eigenvalue weighted by molar-refractivity contribution is 0.262. The summed E-state index contributed by atoms with van der Waals surface area (Å²) in [6, 6.07) is 11.2. The molecule has 1 aromatic carbocycles. The van der Waals surface area contributed by atoms with E-state index in [9.17, 15) is 0 Å². The van der Waals surface area contributed by atoms with Crippen LogP contribution in [0.5, 0.6) is 0 Å². The van der Waals surface area contributed by atoms with Crippen LogP contribution in [0.15, 0.2) is 35.8 Å². The molecule has 3 nitrogen and oxygen atoms in total. The lowest BCUT2D eigenvalue weighted by atomic mass is 10.1. The summed E-state index contributed by atoms with van der Waals surface area (Å²) in [4.78, 5) is 8.31. The fourth-order valence-corrected chi connectivity index (χ4v) is 3.54. The average molecular weight is 287 g/mol. The quantitative estimate of drug-likeness (QED) is 0.940. The van der Waals surface area contributed by atoms with Crippen LogP contribution in [-0.2, 0) is 6.54 Å². The minimum atomic E-state index is 0.437. The fourth-order valence-electron chi connectivity index (χ4n) is 2.73. The highest BCUT2D eigenvalue weighted by Gasteiger charge is 2.19. The van der Waals surface area contributed by atoms with E-state index in [1.807, 2.05) is 5.51 Å².